The van der Waals surface area contributed by atoms with Gasteiger partial charge < -0.3 is 0 Å². The normalized spacial score (nSPS) is 9.18. The van der Waals surface area contributed by atoms with Gasteiger partial charge in [0.05, 0.1) is 5.37 Å². The van der Waals surface area contributed by atoms with Crippen LogP contribution in [0.15, 0.2) is 18.2 Å². The summed E-state index contributed by atoms with van der Waals surface area (Å²) in [7, 11) is -2.30. The number of hydrogen-bond acceptors (Lipinski definition) is 2. The molecule has 1 radical (unpaired) electrons. The van der Waals surface area contributed by atoms with Crippen molar-refractivity contribution in [1.29, 1.82) is 0 Å². The first-order valence-corrected chi connectivity index (χ1v) is 3.92. The molecule has 0 aliphatic heterocycles. The standard InChI is InChI=1S/C7H4FO2S/c8-7-3-1-2-6(4-7)5-11(9)10/h1,3-5H. The van der Waals surface area contributed by atoms with E-state index in [-0.39, 0.29) is 5.56 Å². The maximum atomic E-state index is 12.4. The quantitative estimate of drug-likeness (QED) is 0.581. The summed E-state index contributed by atoms with van der Waals surface area (Å²) in [5.41, 5.74) is 0.221. The van der Waals surface area contributed by atoms with E-state index in [4.69, 9.17) is 0 Å². The third kappa shape index (κ3) is 2.51. The fourth-order valence-corrected chi connectivity index (χ4v) is 0.971. The number of benzene rings is 1. The van der Waals surface area contributed by atoms with Gasteiger partial charge in [-0.25, -0.2) is 4.39 Å². The molecule has 1 aromatic rings. The van der Waals surface area contributed by atoms with Crippen LogP contribution < -0.4 is 0 Å². The third-order valence-corrected chi connectivity index (χ3v) is 1.46. The lowest BCUT2D eigenvalue weighted by molar-refractivity contribution is 0.627. The van der Waals surface area contributed by atoms with Crippen LogP contribution in [0, 0.1) is 11.9 Å². The summed E-state index contributed by atoms with van der Waals surface area (Å²) >= 11 is 0. The highest BCUT2D eigenvalue weighted by Crippen LogP contribution is 1.98. The van der Waals surface area contributed by atoms with E-state index in [0.717, 1.165) is 11.4 Å². The van der Waals surface area contributed by atoms with Gasteiger partial charge in [-0.3, -0.25) is 0 Å². The maximum absolute atomic E-state index is 12.4. The first-order chi connectivity index (χ1) is 5.18. The zero-order chi connectivity index (χ0) is 8.27. The average molecular weight is 171 g/mol. The Labute approximate surface area is 64.8 Å². The number of rotatable bonds is 1. The van der Waals surface area contributed by atoms with Gasteiger partial charge in [-0.15, -0.1) is 0 Å². The van der Waals surface area contributed by atoms with E-state index >= 15 is 0 Å². The Morgan fingerprint density at radius 1 is 1.55 bits per heavy atom. The molecule has 0 aliphatic rings. The molecule has 0 fully saturated rings. The predicted octanol–water partition coefficient (Wildman–Crippen LogP) is 0.655. The molecule has 11 heavy (non-hydrogen) atoms. The van der Waals surface area contributed by atoms with Crippen LogP contribution in [0.3, 0.4) is 0 Å². The van der Waals surface area contributed by atoms with Gasteiger partial charge in [0.15, 0.2) is 0 Å². The SMILES string of the molecule is O=S(=O)=Cc1[c]ccc(F)c1. The molecule has 0 saturated heterocycles. The van der Waals surface area contributed by atoms with Gasteiger partial charge in [0, 0.05) is 5.56 Å². The minimum atomic E-state index is -2.30. The fraction of sp³-hybridized carbons (Fsp3) is 0. The van der Waals surface area contributed by atoms with Gasteiger partial charge in [0.2, 0.25) is 10.3 Å². The number of halogens is 1. The zero-order valence-electron chi connectivity index (χ0n) is 5.41. The zero-order valence-corrected chi connectivity index (χ0v) is 6.23. The van der Waals surface area contributed by atoms with E-state index in [0.29, 0.717) is 0 Å². The molecule has 0 bridgehead atoms. The molecule has 1 rings (SSSR count). The van der Waals surface area contributed by atoms with E-state index in [1.54, 1.807) is 0 Å². The van der Waals surface area contributed by atoms with Crippen molar-refractivity contribution < 1.29 is 12.8 Å². The van der Waals surface area contributed by atoms with E-state index in [1.165, 1.54) is 12.1 Å². The van der Waals surface area contributed by atoms with Crippen LogP contribution in [-0.4, -0.2) is 13.8 Å². The fourth-order valence-electron chi connectivity index (χ4n) is 0.628. The molecule has 4 heteroatoms. The van der Waals surface area contributed by atoms with Crippen LogP contribution in [0.4, 0.5) is 4.39 Å². The Balaban J connectivity index is 3.17. The first kappa shape index (κ1) is 7.94. The molecule has 0 aromatic heterocycles. The van der Waals surface area contributed by atoms with E-state index in [9.17, 15) is 12.8 Å². The van der Waals surface area contributed by atoms with Gasteiger partial charge in [-0.2, -0.15) is 8.42 Å². The van der Waals surface area contributed by atoms with Crippen LogP contribution in [0.2, 0.25) is 0 Å². The van der Waals surface area contributed by atoms with Crippen molar-refractivity contribution in [1.82, 2.24) is 0 Å². The first-order valence-electron chi connectivity index (χ1n) is 2.78. The Hall–Kier alpha value is -1.16. The minimum absolute atomic E-state index is 0.221. The van der Waals surface area contributed by atoms with Crippen molar-refractivity contribution in [2.24, 2.45) is 0 Å². The largest absolute Gasteiger partial charge is 0.214 e. The second-order valence-corrected chi connectivity index (χ2v) is 2.60. The van der Waals surface area contributed by atoms with Gasteiger partial charge >= 0.3 is 0 Å². The molecule has 0 spiro atoms. The van der Waals surface area contributed by atoms with Gasteiger partial charge in [-0.05, 0) is 18.2 Å². The summed E-state index contributed by atoms with van der Waals surface area (Å²) in [5, 5.41) is 0.892. The average Bonchev–Trinajstić information content (AvgIpc) is 1.85. The molecule has 0 amide bonds. The van der Waals surface area contributed by atoms with Crippen LogP contribution in [0.1, 0.15) is 5.56 Å². The lowest BCUT2D eigenvalue weighted by Gasteiger charge is -1.87. The predicted molar refractivity (Wildman–Crippen MR) is 39.3 cm³/mol. The van der Waals surface area contributed by atoms with E-state index < -0.39 is 16.1 Å². The Kier molecular flexibility index (Phi) is 2.38. The minimum Gasteiger partial charge on any atom is -0.207 e. The lowest BCUT2D eigenvalue weighted by Crippen LogP contribution is -1.83. The molecule has 0 unspecified atom stereocenters. The monoisotopic (exact) mass is 171 g/mol. The van der Waals surface area contributed by atoms with Gasteiger partial charge in [-0.1, -0.05) is 6.07 Å². The summed E-state index contributed by atoms with van der Waals surface area (Å²) in [6.45, 7) is 0. The summed E-state index contributed by atoms with van der Waals surface area (Å²) in [5.74, 6) is -0.472. The molecular weight excluding hydrogens is 167 g/mol. The molecule has 57 valence electrons. The topological polar surface area (TPSA) is 34.1 Å². The van der Waals surface area contributed by atoms with Crippen molar-refractivity contribution in [2.45, 2.75) is 0 Å². The van der Waals surface area contributed by atoms with Crippen LogP contribution in [0.25, 0.3) is 0 Å². The van der Waals surface area contributed by atoms with Crippen molar-refractivity contribution >= 4 is 15.7 Å². The Morgan fingerprint density at radius 3 is 2.82 bits per heavy atom. The highest BCUT2D eigenvalue weighted by Gasteiger charge is 1.90. The third-order valence-electron chi connectivity index (χ3n) is 1.01. The smallest absolute Gasteiger partial charge is 0.207 e. The molecular formula is C7H4FO2S. The summed E-state index contributed by atoms with van der Waals surface area (Å²) in [6.07, 6.45) is 0. The number of hydrogen-bond donors (Lipinski definition) is 0. The summed E-state index contributed by atoms with van der Waals surface area (Å²) in [4.78, 5) is 0. The Morgan fingerprint density at radius 2 is 2.27 bits per heavy atom. The summed E-state index contributed by atoms with van der Waals surface area (Å²) in [6, 6.07) is 6.17. The second-order valence-electron chi connectivity index (χ2n) is 1.84. The highest BCUT2D eigenvalue weighted by molar-refractivity contribution is 7.71. The van der Waals surface area contributed by atoms with E-state index in [1.807, 2.05) is 0 Å². The Bertz CT molecular complexity index is 373. The summed E-state index contributed by atoms with van der Waals surface area (Å²) < 4.78 is 32.5. The molecule has 0 aliphatic carbocycles. The maximum Gasteiger partial charge on any atom is 0.214 e. The van der Waals surface area contributed by atoms with Crippen LogP contribution in [0.5, 0.6) is 0 Å². The molecule has 2 nitrogen and oxygen atoms in total. The molecule has 0 N–H and O–H groups in total. The molecule has 0 atom stereocenters. The van der Waals surface area contributed by atoms with Crippen molar-refractivity contribution in [2.75, 3.05) is 0 Å². The van der Waals surface area contributed by atoms with Crippen molar-refractivity contribution in [3.8, 4) is 0 Å². The second kappa shape index (κ2) is 3.30. The highest BCUT2D eigenvalue weighted by atomic mass is 32.2. The van der Waals surface area contributed by atoms with Gasteiger partial charge in [0.1, 0.15) is 5.82 Å². The van der Waals surface area contributed by atoms with Crippen LogP contribution >= 0.6 is 0 Å². The molecule has 0 saturated carbocycles. The lowest BCUT2D eigenvalue weighted by atomic mass is 10.2. The van der Waals surface area contributed by atoms with Crippen molar-refractivity contribution in [3.05, 3.63) is 35.6 Å². The van der Waals surface area contributed by atoms with Gasteiger partial charge in [0.25, 0.3) is 0 Å². The van der Waals surface area contributed by atoms with Crippen molar-refractivity contribution in [3.63, 3.8) is 0 Å². The van der Waals surface area contributed by atoms with Crippen LogP contribution in [-0.2, 0) is 10.3 Å². The van der Waals surface area contributed by atoms with E-state index in [2.05, 4.69) is 6.07 Å². The molecule has 0 heterocycles. The molecule has 1 aromatic carbocycles.